The van der Waals surface area contributed by atoms with Crippen LogP contribution in [0.1, 0.15) is 61.1 Å². The fourth-order valence-corrected chi connectivity index (χ4v) is 4.00. The van der Waals surface area contributed by atoms with Crippen molar-refractivity contribution in [1.82, 2.24) is 9.88 Å². The van der Waals surface area contributed by atoms with E-state index < -0.39 is 5.97 Å². The topological polar surface area (TPSA) is 59.5 Å². The third kappa shape index (κ3) is 3.97. The standard InChI is InChI=1S/C22H28N2O3/c1-4-16-10-8-9-13-24(16)20(25)14-27-22(26)21-15(3)17-11-6-7-12-19(17)23-18(21)5-2/h6-7,11-12,16H,4-5,8-10,13-14H2,1-3H3/t16-/m0/s1. The number of esters is 1. The Bertz CT molecular complexity index is 847. The molecule has 1 fully saturated rings. The molecular weight excluding hydrogens is 340 g/mol. The third-order valence-corrected chi connectivity index (χ3v) is 5.51. The minimum Gasteiger partial charge on any atom is -0.452 e. The minimum atomic E-state index is -0.457. The first-order valence-electron chi connectivity index (χ1n) is 9.91. The summed E-state index contributed by atoms with van der Waals surface area (Å²) in [4.78, 5) is 31.9. The highest BCUT2D eigenvalue weighted by molar-refractivity contribution is 5.99. The summed E-state index contributed by atoms with van der Waals surface area (Å²) in [6, 6.07) is 8.04. The maximum Gasteiger partial charge on any atom is 0.340 e. The number of pyridine rings is 1. The molecule has 27 heavy (non-hydrogen) atoms. The van der Waals surface area contributed by atoms with Crippen LogP contribution in [0.5, 0.6) is 0 Å². The van der Waals surface area contributed by atoms with Gasteiger partial charge in [0.1, 0.15) is 0 Å². The zero-order valence-electron chi connectivity index (χ0n) is 16.5. The molecule has 2 aromatic rings. The largest absolute Gasteiger partial charge is 0.452 e. The minimum absolute atomic E-state index is 0.0978. The van der Waals surface area contributed by atoms with Crippen LogP contribution in [0.25, 0.3) is 10.9 Å². The molecule has 1 aromatic heterocycles. The first-order valence-corrected chi connectivity index (χ1v) is 9.91. The molecule has 1 atom stereocenters. The van der Waals surface area contributed by atoms with Gasteiger partial charge in [-0.05, 0) is 50.7 Å². The zero-order chi connectivity index (χ0) is 19.4. The number of hydrogen-bond donors (Lipinski definition) is 0. The lowest BCUT2D eigenvalue weighted by Gasteiger charge is -2.35. The summed E-state index contributed by atoms with van der Waals surface area (Å²) in [6.45, 7) is 6.54. The highest BCUT2D eigenvalue weighted by Crippen LogP contribution is 2.24. The Hall–Kier alpha value is -2.43. The number of piperidine rings is 1. The molecule has 5 nitrogen and oxygen atoms in total. The number of amides is 1. The number of aryl methyl sites for hydroxylation is 2. The number of nitrogens with zero attached hydrogens (tertiary/aromatic N) is 2. The van der Waals surface area contributed by atoms with Crippen LogP contribution >= 0.6 is 0 Å². The molecule has 5 heteroatoms. The molecule has 0 aliphatic carbocycles. The Kier molecular flexibility index (Phi) is 6.09. The number of fused-ring (bicyclic) bond motifs is 1. The SMILES string of the molecule is CCc1nc2ccccc2c(C)c1C(=O)OCC(=O)N1CCCC[C@@H]1CC. The molecule has 1 saturated heterocycles. The molecule has 3 rings (SSSR count). The van der Waals surface area contributed by atoms with Gasteiger partial charge in [-0.25, -0.2) is 4.79 Å². The van der Waals surface area contributed by atoms with Crippen LogP contribution in [0.2, 0.25) is 0 Å². The van der Waals surface area contributed by atoms with Gasteiger partial charge in [0.25, 0.3) is 5.91 Å². The zero-order valence-corrected chi connectivity index (χ0v) is 16.5. The van der Waals surface area contributed by atoms with Gasteiger partial charge < -0.3 is 9.64 Å². The summed E-state index contributed by atoms with van der Waals surface area (Å²) in [5.74, 6) is -0.555. The van der Waals surface area contributed by atoms with E-state index in [2.05, 4.69) is 11.9 Å². The van der Waals surface area contributed by atoms with E-state index >= 15 is 0 Å². The first kappa shape index (κ1) is 19.3. The van der Waals surface area contributed by atoms with Crippen molar-refractivity contribution in [2.45, 2.75) is 58.9 Å². The Morgan fingerprint density at radius 2 is 2.00 bits per heavy atom. The summed E-state index contributed by atoms with van der Waals surface area (Å²) in [5, 5.41) is 0.940. The Labute approximate surface area is 160 Å². The van der Waals surface area contributed by atoms with Crippen molar-refractivity contribution in [1.29, 1.82) is 0 Å². The molecule has 1 aromatic carbocycles. The lowest BCUT2D eigenvalue weighted by atomic mass is 10.00. The van der Waals surface area contributed by atoms with E-state index in [4.69, 9.17) is 4.74 Å². The van der Waals surface area contributed by atoms with Crippen LogP contribution in [0, 0.1) is 6.92 Å². The fraction of sp³-hybridized carbons (Fsp3) is 0.500. The number of para-hydroxylation sites is 1. The van der Waals surface area contributed by atoms with Gasteiger partial charge in [-0.3, -0.25) is 9.78 Å². The number of benzene rings is 1. The number of carbonyl (C=O) groups is 2. The predicted molar refractivity (Wildman–Crippen MR) is 106 cm³/mol. The summed E-state index contributed by atoms with van der Waals surface area (Å²) >= 11 is 0. The molecule has 1 aliphatic rings. The van der Waals surface area contributed by atoms with Crippen LogP contribution < -0.4 is 0 Å². The number of carbonyl (C=O) groups excluding carboxylic acids is 2. The van der Waals surface area contributed by atoms with E-state index in [9.17, 15) is 9.59 Å². The van der Waals surface area contributed by atoms with Gasteiger partial charge in [0.15, 0.2) is 6.61 Å². The van der Waals surface area contributed by atoms with Crippen molar-refractivity contribution >= 4 is 22.8 Å². The van der Waals surface area contributed by atoms with Crippen LogP contribution in [0.4, 0.5) is 0 Å². The molecule has 1 amide bonds. The third-order valence-electron chi connectivity index (χ3n) is 5.51. The molecule has 0 N–H and O–H groups in total. The van der Waals surface area contributed by atoms with Gasteiger partial charge >= 0.3 is 5.97 Å². The van der Waals surface area contributed by atoms with Gasteiger partial charge in [-0.1, -0.05) is 32.0 Å². The van der Waals surface area contributed by atoms with Crippen molar-refractivity contribution in [2.24, 2.45) is 0 Å². The van der Waals surface area contributed by atoms with E-state index in [1.54, 1.807) is 0 Å². The second-order valence-corrected chi connectivity index (χ2v) is 7.15. The van der Waals surface area contributed by atoms with E-state index in [0.29, 0.717) is 17.7 Å². The van der Waals surface area contributed by atoms with E-state index in [1.165, 1.54) is 0 Å². The number of ether oxygens (including phenoxy) is 1. The quantitative estimate of drug-likeness (QED) is 0.747. The normalized spacial score (nSPS) is 17.1. The van der Waals surface area contributed by atoms with Crippen molar-refractivity contribution in [3.05, 3.63) is 41.1 Å². The van der Waals surface area contributed by atoms with Gasteiger partial charge in [0.2, 0.25) is 0 Å². The number of hydrogen-bond acceptors (Lipinski definition) is 4. The van der Waals surface area contributed by atoms with Crippen LogP contribution in [-0.2, 0) is 16.0 Å². The average molecular weight is 368 g/mol. The second kappa shape index (κ2) is 8.51. The molecule has 0 radical (unpaired) electrons. The van der Waals surface area contributed by atoms with E-state index in [-0.39, 0.29) is 18.6 Å². The Morgan fingerprint density at radius 1 is 1.22 bits per heavy atom. The number of rotatable bonds is 5. The molecule has 0 unspecified atom stereocenters. The molecule has 0 bridgehead atoms. The summed E-state index contributed by atoms with van der Waals surface area (Å²) in [6.07, 6.45) is 4.78. The summed E-state index contributed by atoms with van der Waals surface area (Å²) < 4.78 is 5.44. The second-order valence-electron chi connectivity index (χ2n) is 7.15. The monoisotopic (exact) mass is 368 g/mol. The van der Waals surface area contributed by atoms with Crippen molar-refractivity contribution in [3.8, 4) is 0 Å². The van der Waals surface area contributed by atoms with Crippen molar-refractivity contribution in [3.63, 3.8) is 0 Å². The number of likely N-dealkylation sites (tertiary alicyclic amines) is 1. The molecule has 0 spiro atoms. The van der Waals surface area contributed by atoms with E-state index in [1.807, 2.05) is 43.0 Å². The maximum absolute atomic E-state index is 12.8. The summed E-state index contributed by atoms with van der Waals surface area (Å²) in [5.41, 5.74) is 2.95. The first-order chi connectivity index (χ1) is 13.1. The van der Waals surface area contributed by atoms with Crippen LogP contribution in [0.15, 0.2) is 24.3 Å². The van der Waals surface area contributed by atoms with Crippen molar-refractivity contribution < 1.29 is 14.3 Å². The molecule has 1 aliphatic heterocycles. The van der Waals surface area contributed by atoms with Gasteiger partial charge in [0, 0.05) is 18.0 Å². The highest BCUT2D eigenvalue weighted by atomic mass is 16.5. The van der Waals surface area contributed by atoms with Crippen LogP contribution in [-0.4, -0.2) is 41.0 Å². The molecule has 2 heterocycles. The molecule has 144 valence electrons. The number of aromatic nitrogens is 1. The highest BCUT2D eigenvalue weighted by Gasteiger charge is 2.27. The lowest BCUT2D eigenvalue weighted by molar-refractivity contribution is -0.138. The van der Waals surface area contributed by atoms with Crippen molar-refractivity contribution in [2.75, 3.05) is 13.2 Å². The predicted octanol–water partition coefficient (Wildman–Crippen LogP) is 4.05. The fourth-order valence-electron chi connectivity index (χ4n) is 4.00. The average Bonchev–Trinajstić information content (AvgIpc) is 2.71. The maximum atomic E-state index is 12.8. The van der Waals surface area contributed by atoms with Gasteiger partial charge in [-0.15, -0.1) is 0 Å². The van der Waals surface area contributed by atoms with Crippen LogP contribution in [0.3, 0.4) is 0 Å². The Morgan fingerprint density at radius 3 is 2.74 bits per heavy atom. The van der Waals surface area contributed by atoms with E-state index in [0.717, 1.165) is 48.7 Å². The molecule has 0 saturated carbocycles. The smallest absolute Gasteiger partial charge is 0.340 e. The Balaban J connectivity index is 1.78. The lowest BCUT2D eigenvalue weighted by Crippen LogP contribution is -2.45. The molecular formula is C22H28N2O3. The summed E-state index contributed by atoms with van der Waals surface area (Å²) in [7, 11) is 0. The van der Waals surface area contributed by atoms with Gasteiger partial charge in [-0.2, -0.15) is 0 Å². The van der Waals surface area contributed by atoms with Gasteiger partial charge in [0.05, 0.1) is 16.8 Å².